The van der Waals surface area contributed by atoms with Gasteiger partial charge >= 0.3 is 0 Å². The highest BCUT2D eigenvalue weighted by atomic mass is 19.1. The van der Waals surface area contributed by atoms with Crippen LogP contribution in [0.1, 0.15) is 38.8 Å². The highest BCUT2D eigenvalue weighted by Crippen LogP contribution is 2.19. The van der Waals surface area contributed by atoms with E-state index in [0.717, 1.165) is 12.0 Å². The molecule has 18 heavy (non-hydrogen) atoms. The Hall–Kier alpha value is -0.930. The fraction of sp³-hybridized carbons (Fsp3) is 0.600. The Morgan fingerprint density at radius 3 is 2.56 bits per heavy atom. The number of hydrogen-bond donors (Lipinski definition) is 1. The summed E-state index contributed by atoms with van der Waals surface area (Å²) in [5, 5.41) is 3.56. The van der Waals surface area contributed by atoms with Crippen LogP contribution >= 0.6 is 0 Å². The molecule has 0 spiro atoms. The largest absolute Gasteiger partial charge is 0.383 e. The first-order chi connectivity index (χ1) is 8.58. The summed E-state index contributed by atoms with van der Waals surface area (Å²) in [4.78, 5) is 0. The highest BCUT2D eigenvalue weighted by molar-refractivity contribution is 5.20. The molecule has 0 aliphatic rings. The standard InChI is InChI=1S/C15H24FNO/c1-5-14(12-7-6-8-13(16)9-12)17-15(10-18-4)11(2)3/h6-9,11,14-15,17H,5,10H2,1-4H3. The zero-order valence-electron chi connectivity index (χ0n) is 11.7. The van der Waals surface area contributed by atoms with Crippen molar-refractivity contribution in [1.82, 2.24) is 5.32 Å². The van der Waals surface area contributed by atoms with Crippen molar-refractivity contribution in [2.45, 2.75) is 39.3 Å². The van der Waals surface area contributed by atoms with Crippen molar-refractivity contribution in [3.05, 3.63) is 35.6 Å². The van der Waals surface area contributed by atoms with Crippen LogP contribution in [0.3, 0.4) is 0 Å². The van der Waals surface area contributed by atoms with Gasteiger partial charge in [-0.05, 0) is 30.0 Å². The zero-order valence-corrected chi connectivity index (χ0v) is 11.7. The molecule has 0 heterocycles. The van der Waals surface area contributed by atoms with E-state index in [1.807, 2.05) is 6.07 Å². The predicted molar refractivity (Wildman–Crippen MR) is 73.1 cm³/mol. The van der Waals surface area contributed by atoms with Crippen LogP contribution in [-0.2, 0) is 4.74 Å². The van der Waals surface area contributed by atoms with Gasteiger partial charge < -0.3 is 10.1 Å². The SMILES string of the molecule is CCC(NC(COC)C(C)C)c1cccc(F)c1. The van der Waals surface area contributed by atoms with Crippen LogP contribution in [0.2, 0.25) is 0 Å². The van der Waals surface area contributed by atoms with Crippen LogP contribution in [0.15, 0.2) is 24.3 Å². The third kappa shape index (κ3) is 4.39. The van der Waals surface area contributed by atoms with Crippen molar-refractivity contribution >= 4 is 0 Å². The van der Waals surface area contributed by atoms with Crippen LogP contribution in [-0.4, -0.2) is 19.8 Å². The number of benzene rings is 1. The first-order valence-corrected chi connectivity index (χ1v) is 6.58. The second kappa shape index (κ2) is 7.49. The molecular formula is C15H24FNO. The second-order valence-corrected chi connectivity index (χ2v) is 4.99. The molecule has 2 unspecified atom stereocenters. The van der Waals surface area contributed by atoms with Crippen molar-refractivity contribution in [2.24, 2.45) is 5.92 Å². The molecule has 1 aromatic rings. The molecule has 0 aliphatic carbocycles. The van der Waals surface area contributed by atoms with E-state index >= 15 is 0 Å². The van der Waals surface area contributed by atoms with E-state index < -0.39 is 0 Å². The van der Waals surface area contributed by atoms with E-state index in [-0.39, 0.29) is 17.9 Å². The van der Waals surface area contributed by atoms with Gasteiger partial charge in [-0.1, -0.05) is 32.9 Å². The van der Waals surface area contributed by atoms with Crippen molar-refractivity contribution in [3.8, 4) is 0 Å². The van der Waals surface area contributed by atoms with Crippen LogP contribution < -0.4 is 5.32 Å². The summed E-state index contributed by atoms with van der Waals surface area (Å²) in [6, 6.07) is 7.26. The smallest absolute Gasteiger partial charge is 0.123 e. The molecule has 0 saturated heterocycles. The number of methoxy groups -OCH3 is 1. The number of rotatable bonds is 7. The average molecular weight is 253 g/mol. The molecule has 0 amide bonds. The van der Waals surface area contributed by atoms with E-state index in [2.05, 4.69) is 26.1 Å². The summed E-state index contributed by atoms with van der Waals surface area (Å²) in [6.07, 6.45) is 0.927. The number of halogens is 1. The summed E-state index contributed by atoms with van der Waals surface area (Å²) < 4.78 is 18.5. The maximum atomic E-state index is 13.3. The number of ether oxygens (including phenoxy) is 1. The lowest BCUT2D eigenvalue weighted by Gasteiger charge is -2.27. The van der Waals surface area contributed by atoms with E-state index in [1.165, 1.54) is 6.07 Å². The molecular weight excluding hydrogens is 229 g/mol. The van der Waals surface area contributed by atoms with Crippen LogP contribution in [0.5, 0.6) is 0 Å². The van der Waals surface area contributed by atoms with Gasteiger partial charge in [0, 0.05) is 19.2 Å². The molecule has 0 bridgehead atoms. The summed E-state index contributed by atoms with van der Waals surface area (Å²) >= 11 is 0. The molecule has 0 aromatic heterocycles. The van der Waals surface area contributed by atoms with Gasteiger partial charge in [0.25, 0.3) is 0 Å². The van der Waals surface area contributed by atoms with Crippen molar-refractivity contribution in [1.29, 1.82) is 0 Å². The van der Waals surface area contributed by atoms with Crippen LogP contribution in [0, 0.1) is 11.7 Å². The quantitative estimate of drug-likeness (QED) is 0.802. The van der Waals surface area contributed by atoms with Crippen LogP contribution in [0.4, 0.5) is 4.39 Å². The lowest BCUT2D eigenvalue weighted by Crippen LogP contribution is -2.40. The van der Waals surface area contributed by atoms with Gasteiger partial charge in [0.1, 0.15) is 5.82 Å². The van der Waals surface area contributed by atoms with Crippen molar-refractivity contribution in [3.63, 3.8) is 0 Å². The van der Waals surface area contributed by atoms with E-state index in [0.29, 0.717) is 12.5 Å². The molecule has 1 rings (SSSR count). The predicted octanol–water partition coefficient (Wildman–Crippen LogP) is 3.54. The Bertz CT molecular complexity index is 354. The second-order valence-electron chi connectivity index (χ2n) is 4.99. The average Bonchev–Trinajstić information content (AvgIpc) is 2.34. The normalized spacial score (nSPS) is 14.8. The third-order valence-electron chi connectivity index (χ3n) is 3.23. The molecule has 2 atom stereocenters. The molecule has 2 nitrogen and oxygen atoms in total. The monoisotopic (exact) mass is 253 g/mol. The first-order valence-electron chi connectivity index (χ1n) is 6.58. The molecule has 0 saturated carbocycles. The van der Waals surface area contributed by atoms with Gasteiger partial charge in [0.05, 0.1) is 6.61 Å². The minimum atomic E-state index is -0.180. The third-order valence-corrected chi connectivity index (χ3v) is 3.23. The summed E-state index contributed by atoms with van der Waals surface area (Å²) in [7, 11) is 1.71. The van der Waals surface area contributed by atoms with Gasteiger partial charge in [-0.2, -0.15) is 0 Å². The maximum absolute atomic E-state index is 13.3. The Morgan fingerprint density at radius 1 is 1.33 bits per heavy atom. The molecule has 1 aromatic carbocycles. The molecule has 0 fully saturated rings. The van der Waals surface area contributed by atoms with Gasteiger partial charge in [0.15, 0.2) is 0 Å². The Labute approximate surface area is 110 Å². The number of nitrogens with one attached hydrogen (secondary N) is 1. The van der Waals surface area contributed by atoms with Gasteiger partial charge in [-0.3, -0.25) is 0 Å². The fourth-order valence-corrected chi connectivity index (χ4v) is 2.04. The molecule has 0 aliphatic heterocycles. The lowest BCUT2D eigenvalue weighted by atomic mass is 9.99. The molecule has 3 heteroatoms. The first kappa shape index (κ1) is 15.1. The summed E-state index contributed by atoms with van der Waals surface area (Å²) in [5.41, 5.74) is 0.999. The molecule has 0 radical (unpaired) electrons. The molecule has 1 N–H and O–H groups in total. The maximum Gasteiger partial charge on any atom is 0.123 e. The van der Waals surface area contributed by atoms with Gasteiger partial charge in [-0.15, -0.1) is 0 Å². The highest BCUT2D eigenvalue weighted by Gasteiger charge is 2.18. The van der Waals surface area contributed by atoms with Gasteiger partial charge in [0.2, 0.25) is 0 Å². The fourth-order valence-electron chi connectivity index (χ4n) is 2.04. The Morgan fingerprint density at radius 2 is 2.06 bits per heavy atom. The Kier molecular flexibility index (Phi) is 6.30. The minimum Gasteiger partial charge on any atom is -0.383 e. The van der Waals surface area contributed by atoms with Crippen molar-refractivity contribution in [2.75, 3.05) is 13.7 Å². The zero-order chi connectivity index (χ0) is 13.5. The molecule has 102 valence electrons. The van der Waals surface area contributed by atoms with Crippen molar-refractivity contribution < 1.29 is 9.13 Å². The topological polar surface area (TPSA) is 21.3 Å². The summed E-state index contributed by atoms with van der Waals surface area (Å²) in [6.45, 7) is 7.10. The van der Waals surface area contributed by atoms with E-state index in [9.17, 15) is 4.39 Å². The van der Waals surface area contributed by atoms with Crippen LogP contribution in [0.25, 0.3) is 0 Å². The van der Waals surface area contributed by atoms with E-state index in [4.69, 9.17) is 4.74 Å². The van der Waals surface area contributed by atoms with E-state index in [1.54, 1.807) is 19.2 Å². The Balaban J connectivity index is 2.77. The minimum absolute atomic E-state index is 0.170. The summed E-state index contributed by atoms with van der Waals surface area (Å²) in [5.74, 6) is 0.299. The lowest BCUT2D eigenvalue weighted by molar-refractivity contribution is 0.139. The number of hydrogen-bond acceptors (Lipinski definition) is 2. The van der Waals surface area contributed by atoms with Gasteiger partial charge in [-0.25, -0.2) is 4.39 Å².